The van der Waals surface area contributed by atoms with Crippen molar-refractivity contribution < 1.29 is 14.7 Å². The number of benzene rings is 1. The number of amides is 1. The average Bonchev–Trinajstić information content (AvgIpc) is 2.42. The number of hydrogen-bond acceptors (Lipinski definition) is 4. The van der Waals surface area contributed by atoms with Gasteiger partial charge < -0.3 is 21.0 Å². The van der Waals surface area contributed by atoms with E-state index in [-0.39, 0.29) is 24.5 Å². The van der Waals surface area contributed by atoms with E-state index >= 15 is 0 Å². The fourth-order valence-electron chi connectivity index (χ4n) is 1.48. The fraction of sp³-hybridized carbons (Fsp3) is 0.385. The Morgan fingerprint density at radius 1 is 1.42 bits per heavy atom. The molecular weight excluding hydrogens is 246 g/mol. The predicted molar refractivity (Wildman–Crippen MR) is 71.8 cm³/mol. The molecule has 1 rings (SSSR count). The third kappa shape index (κ3) is 4.97. The summed E-state index contributed by atoms with van der Waals surface area (Å²) in [6.07, 6.45) is -0.0372. The number of carbonyl (C=O) groups is 1. The van der Waals surface area contributed by atoms with Crippen LogP contribution in [0.5, 0.6) is 0 Å². The quantitative estimate of drug-likeness (QED) is 0.309. The molecule has 0 radical (unpaired) electrons. The molecule has 6 heteroatoms. The lowest BCUT2D eigenvalue weighted by Gasteiger charge is -2.18. The Kier molecular flexibility index (Phi) is 5.81. The molecule has 0 saturated carbocycles. The van der Waals surface area contributed by atoms with Gasteiger partial charge in [0.2, 0.25) is 5.91 Å². The maximum absolute atomic E-state index is 11.7. The first-order valence-electron chi connectivity index (χ1n) is 5.98. The van der Waals surface area contributed by atoms with Crippen molar-refractivity contribution in [1.29, 1.82) is 0 Å². The highest BCUT2D eigenvalue weighted by atomic mass is 16.5. The van der Waals surface area contributed by atoms with Gasteiger partial charge in [-0.25, -0.2) is 0 Å². The van der Waals surface area contributed by atoms with Gasteiger partial charge in [0, 0.05) is 0 Å². The van der Waals surface area contributed by atoms with Crippen LogP contribution in [0.2, 0.25) is 0 Å². The molecule has 4 N–H and O–H groups in total. The summed E-state index contributed by atoms with van der Waals surface area (Å²) in [4.78, 5) is 11.7. The van der Waals surface area contributed by atoms with Gasteiger partial charge in [0.15, 0.2) is 5.84 Å². The van der Waals surface area contributed by atoms with Gasteiger partial charge in [0.1, 0.15) is 12.6 Å². The summed E-state index contributed by atoms with van der Waals surface area (Å²) in [5, 5.41) is 14.4. The zero-order chi connectivity index (χ0) is 14.3. The molecule has 1 unspecified atom stereocenters. The Morgan fingerprint density at radius 2 is 2.05 bits per heavy atom. The van der Waals surface area contributed by atoms with Gasteiger partial charge in [-0.15, -0.1) is 0 Å². The van der Waals surface area contributed by atoms with Gasteiger partial charge >= 0.3 is 0 Å². The maximum Gasteiger partial charge on any atom is 0.246 e. The Morgan fingerprint density at radius 3 is 2.58 bits per heavy atom. The molecule has 1 aromatic carbocycles. The molecule has 0 aliphatic carbocycles. The van der Waals surface area contributed by atoms with Crippen molar-refractivity contribution in [3.63, 3.8) is 0 Å². The first kappa shape index (κ1) is 15.0. The van der Waals surface area contributed by atoms with Crippen molar-refractivity contribution in [2.45, 2.75) is 26.0 Å². The Balaban J connectivity index is 2.74. The fourth-order valence-corrected chi connectivity index (χ4v) is 1.48. The molecule has 1 amide bonds. The average molecular weight is 265 g/mol. The van der Waals surface area contributed by atoms with Crippen molar-refractivity contribution >= 4 is 11.7 Å². The zero-order valence-corrected chi connectivity index (χ0v) is 11.0. The lowest BCUT2D eigenvalue weighted by molar-refractivity contribution is -0.127. The third-order valence-electron chi connectivity index (χ3n) is 2.40. The molecule has 6 nitrogen and oxygen atoms in total. The highest BCUT2D eigenvalue weighted by Gasteiger charge is 2.19. The summed E-state index contributed by atoms with van der Waals surface area (Å²) in [6.45, 7) is 3.61. The topological polar surface area (TPSA) is 96.9 Å². The summed E-state index contributed by atoms with van der Waals surface area (Å²) in [6, 6.07) is 8.36. The van der Waals surface area contributed by atoms with E-state index in [0.29, 0.717) is 0 Å². The maximum atomic E-state index is 11.7. The SMILES string of the molecule is CC(C)OCC(=O)NC(/C(N)=N/O)c1ccccc1. The van der Waals surface area contributed by atoms with Crippen LogP contribution in [0.4, 0.5) is 0 Å². The van der Waals surface area contributed by atoms with Gasteiger partial charge in [-0.3, -0.25) is 4.79 Å². The molecule has 19 heavy (non-hydrogen) atoms. The monoisotopic (exact) mass is 265 g/mol. The summed E-state index contributed by atoms with van der Waals surface area (Å²) in [5.41, 5.74) is 6.33. The summed E-state index contributed by atoms with van der Waals surface area (Å²) in [5.74, 6) is -0.404. The zero-order valence-electron chi connectivity index (χ0n) is 11.0. The molecule has 0 spiro atoms. The van der Waals surface area contributed by atoms with E-state index in [4.69, 9.17) is 15.7 Å². The molecule has 104 valence electrons. The number of carbonyl (C=O) groups excluding carboxylic acids is 1. The lowest BCUT2D eigenvalue weighted by atomic mass is 10.1. The van der Waals surface area contributed by atoms with E-state index in [1.165, 1.54) is 0 Å². The molecule has 0 saturated heterocycles. The van der Waals surface area contributed by atoms with Crippen LogP contribution in [0.1, 0.15) is 25.5 Å². The molecule has 0 bridgehead atoms. The summed E-state index contributed by atoms with van der Waals surface area (Å²) in [7, 11) is 0. The molecule has 0 aliphatic heterocycles. The molecular formula is C13H19N3O3. The van der Waals surface area contributed by atoms with E-state index in [1.807, 2.05) is 32.0 Å². The first-order valence-corrected chi connectivity index (χ1v) is 5.98. The van der Waals surface area contributed by atoms with Gasteiger partial charge in [-0.1, -0.05) is 35.5 Å². The number of nitrogens with zero attached hydrogens (tertiary/aromatic N) is 1. The Hall–Kier alpha value is -2.08. The van der Waals surface area contributed by atoms with Gasteiger partial charge in [0.25, 0.3) is 0 Å². The second kappa shape index (κ2) is 7.38. The number of oxime groups is 1. The molecule has 1 atom stereocenters. The largest absolute Gasteiger partial charge is 0.409 e. The van der Waals surface area contributed by atoms with Crippen LogP contribution in [0.15, 0.2) is 35.5 Å². The lowest BCUT2D eigenvalue weighted by Crippen LogP contribution is -2.39. The van der Waals surface area contributed by atoms with Gasteiger partial charge in [0.05, 0.1) is 6.10 Å². The van der Waals surface area contributed by atoms with E-state index in [1.54, 1.807) is 12.1 Å². The molecule has 0 fully saturated rings. The van der Waals surface area contributed by atoms with E-state index in [0.717, 1.165) is 5.56 Å². The van der Waals surface area contributed by atoms with Crippen molar-refractivity contribution in [1.82, 2.24) is 5.32 Å². The van der Waals surface area contributed by atoms with E-state index in [2.05, 4.69) is 10.5 Å². The Bertz CT molecular complexity index is 432. The molecule has 0 aromatic heterocycles. The van der Waals surface area contributed by atoms with Crippen molar-refractivity contribution in [2.75, 3.05) is 6.61 Å². The molecule has 0 aliphatic rings. The van der Waals surface area contributed by atoms with Crippen LogP contribution in [0.25, 0.3) is 0 Å². The van der Waals surface area contributed by atoms with Crippen LogP contribution in [0, 0.1) is 0 Å². The van der Waals surface area contributed by atoms with Gasteiger partial charge in [-0.2, -0.15) is 0 Å². The normalized spacial score (nSPS) is 13.3. The minimum atomic E-state index is -0.672. The number of nitrogens with two attached hydrogens (primary N) is 1. The molecule has 1 aromatic rings. The van der Waals surface area contributed by atoms with E-state index in [9.17, 15) is 4.79 Å². The third-order valence-corrected chi connectivity index (χ3v) is 2.40. The van der Waals surface area contributed by atoms with Crippen molar-refractivity contribution in [3.05, 3.63) is 35.9 Å². The molecule has 0 heterocycles. The number of rotatable bonds is 6. The standard InChI is InChI=1S/C13H19N3O3/c1-9(2)19-8-11(17)15-12(13(14)16-18)10-6-4-3-5-7-10/h3-7,9,12,18H,8H2,1-2H3,(H2,14,16)(H,15,17). The number of nitrogens with one attached hydrogen (secondary N) is 1. The second-order valence-electron chi connectivity index (χ2n) is 4.30. The van der Waals surface area contributed by atoms with Crippen molar-refractivity contribution in [2.24, 2.45) is 10.9 Å². The van der Waals surface area contributed by atoms with Crippen LogP contribution in [-0.2, 0) is 9.53 Å². The van der Waals surface area contributed by atoms with Crippen molar-refractivity contribution in [3.8, 4) is 0 Å². The highest BCUT2D eigenvalue weighted by Crippen LogP contribution is 2.12. The van der Waals surface area contributed by atoms with Crippen LogP contribution in [0.3, 0.4) is 0 Å². The summed E-state index contributed by atoms with van der Waals surface area (Å²) < 4.78 is 5.20. The second-order valence-corrected chi connectivity index (χ2v) is 4.30. The smallest absolute Gasteiger partial charge is 0.246 e. The number of hydrogen-bond donors (Lipinski definition) is 3. The van der Waals surface area contributed by atoms with Crippen LogP contribution in [-0.4, -0.2) is 29.7 Å². The minimum Gasteiger partial charge on any atom is -0.409 e. The predicted octanol–water partition coefficient (Wildman–Crippen LogP) is 1.02. The van der Waals surface area contributed by atoms with Crippen LogP contribution < -0.4 is 11.1 Å². The Labute approximate surface area is 112 Å². The number of amidine groups is 1. The minimum absolute atomic E-state index is 0.0372. The summed E-state index contributed by atoms with van der Waals surface area (Å²) >= 11 is 0. The first-order chi connectivity index (χ1) is 9.04. The van der Waals surface area contributed by atoms with Crippen LogP contribution >= 0.6 is 0 Å². The highest BCUT2D eigenvalue weighted by molar-refractivity contribution is 5.91. The van der Waals surface area contributed by atoms with Gasteiger partial charge in [-0.05, 0) is 19.4 Å². The van der Waals surface area contributed by atoms with E-state index < -0.39 is 6.04 Å². The number of ether oxygens (including phenoxy) is 1.